The zero-order chi connectivity index (χ0) is 13.7. The van der Waals surface area contributed by atoms with Crippen molar-refractivity contribution in [1.82, 2.24) is 0 Å². The second-order valence-electron chi connectivity index (χ2n) is 3.38. The molecule has 0 spiro atoms. The standard InChI is InChI=1S/2C6H6BrNO.Mg/c2*7-5-3-4(8)1-2-6(5)9;/h2*1-3,9H,8H2;/q;;+2/p-2. The molecule has 4 N–H and O–H groups in total. The number of anilines is 2. The summed E-state index contributed by atoms with van der Waals surface area (Å²) in [5, 5.41) is 21.3. The molecule has 2 aromatic carbocycles. The van der Waals surface area contributed by atoms with E-state index < -0.39 is 0 Å². The number of rotatable bonds is 0. The SMILES string of the molecule is Nc1ccc([O-])c(Br)c1.Nc1ccc([O-])c(Br)c1.[Mg+2]. The van der Waals surface area contributed by atoms with E-state index in [0.717, 1.165) is 0 Å². The summed E-state index contributed by atoms with van der Waals surface area (Å²) in [6.45, 7) is 0. The van der Waals surface area contributed by atoms with E-state index >= 15 is 0 Å². The largest absolute Gasteiger partial charge is 2.00 e. The molecule has 4 nitrogen and oxygen atoms in total. The Kier molecular flexibility index (Phi) is 8.24. The molecule has 0 saturated carbocycles. The van der Waals surface area contributed by atoms with Crippen LogP contribution in [0, 0.1) is 0 Å². The molecule has 7 heteroatoms. The number of halogens is 2. The van der Waals surface area contributed by atoms with Crippen LogP contribution >= 0.6 is 31.9 Å². The molecular weight excluding hydrogens is 388 g/mol. The van der Waals surface area contributed by atoms with Gasteiger partial charge in [-0.25, -0.2) is 0 Å². The third kappa shape index (κ3) is 6.37. The number of nitrogen functional groups attached to an aromatic ring is 2. The average molecular weight is 398 g/mol. The topological polar surface area (TPSA) is 98.2 Å². The zero-order valence-corrected chi connectivity index (χ0v) is 14.5. The second-order valence-corrected chi connectivity index (χ2v) is 5.09. The first-order valence-corrected chi connectivity index (χ1v) is 6.43. The summed E-state index contributed by atoms with van der Waals surface area (Å²) in [5.41, 5.74) is 11.9. The van der Waals surface area contributed by atoms with E-state index in [1.807, 2.05) is 0 Å². The van der Waals surface area contributed by atoms with E-state index in [4.69, 9.17) is 11.5 Å². The van der Waals surface area contributed by atoms with Gasteiger partial charge < -0.3 is 21.7 Å². The van der Waals surface area contributed by atoms with Crippen molar-refractivity contribution in [1.29, 1.82) is 0 Å². The van der Waals surface area contributed by atoms with Gasteiger partial charge in [0, 0.05) is 20.3 Å². The summed E-state index contributed by atoms with van der Waals surface area (Å²) in [6, 6.07) is 9.18. The fourth-order valence-corrected chi connectivity index (χ4v) is 1.83. The zero-order valence-electron chi connectivity index (χ0n) is 9.90. The molecule has 0 saturated heterocycles. The Balaban J connectivity index is 0.000000324. The van der Waals surface area contributed by atoms with E-state index in [2.05, 4.69) is 31.9 Å². The Morgan fingerprint density at radius 3 is 1.26 bits per heavy atom. The molecule has 0 bridgehead atoms. The predicted molar refractivity (Wildman–Crippen MR) is 81.8 cm³/mol. The van der Waals surface area contributed by atoms with Crippen molar-refractivity contribution < 1.29 is 10.2 Å². The van der Waals surface area contributed by atoms with Gasteiger partial charge in [-0.05, 0) is 24.3 Å². The van der Waals surface area contributed by atoms with E-state index in [1.54, 1.807) is 24.3 Å². The van der Waals surface area contributed by atoms with Gasteiger partial charge in [0.15, 0.2) is 0 Å². The van der Waals surface area contributed by atoms with E-state index in [0.29, 0.717) is 20.3 Å². The Labute approximate surface area is 144 Å². The molecule has 0 amide bonds. The number of hydrogen-bond acceptors (Lipinski definition) is 4. The summed E-state index contributed by atoms with van der Waals surface area (Å²) in [4.78, 5) is 0. The van der Waals surface area contributed by atoms with Crippen LogP contribution in [-0.2, 0) is 0 Å². The van der Waals surface area contributed by atoms with Crippen molar-refractivity contribution in [3.63, 3.8) is 0 Å². The van der Waals surface area contributed by atoms with Gasteiger partial charge in [-0.1, -0.05) is 55.5 Å². The third-order valence-electron chi connectivity index (χ3n) is 1.91. The Morgan fingerprint density at radius 1 is 0.737 bits per heavy atom. The van der Waals surface area contributed by atoms with Crippen LogP contribution in [0.2, 0.25) is 0 Å². The first-order valence-electron chi connectivity index (χ1n) is 4.84. The molecule has 0 aliphatic heterocycles. The maximum atomic E-state index is 10.7. The molecule has 0 aliphatic carbocycles. The predicted octanol–water partition coefficient (Wildman–Crippen LogP) is 1.83. The second kappa shape index (κ2) is 8.52. The maximum absolute atomic E-state index is 10.7. The van der Waals surface area contributed by atoms with Gasteiger partial charge in [0.25, 0.3) is 0 Å². The smallest absolute Gasteiger partial charge is 0.872 e. The first kappa shape index (κ1) is 18.4. The van der Waals surface area contributed by atoms with Crippen LogP contribution in [0.1, 0.15) is 0 Å². The fourth-order valence-electron chi connectivity index (χ4n) is 1.03. The number of nitrogens with two attached hydrogens (primary N) is 2. The van der Waals surface area contributed by atoms with Crippen molar-refractivity contribution >= 4 is 66.3 Å². The van der Waals surface area contributed by atoms with Gasteiger partial charge in [0.05, 0.1) is 0 Å². The van der Waals surface area contributed by atoms with Crippen molar-refractivity contribution in [3.05, 3.63) is 45.3 Å². The van der Waals surface area contributed by atoms with Crippen LogP contribution in [0.5, 0.6) is 11.5 Å². The molecule has 2 rings (SSSR count). The Bertz CT molecular complexity index is 504. The van der Waals surface area contributed by atoms with Gasteiger partial charge in [-0.3, -0.25) is 0 Å². The van der Waals surface area contributed by atoms with E-state index in [-0.39, 0.29) is 34.6 Å². The number of benzene rings is 2. The molecule has 0 heterocycles. The maximum Gasteiger partial charge on any atom is 2.00 e. The van der Waals surface area contributed by atoms with Crippen molar-refractivity contribution in [2.75, 3.05) is 11.5 Å². The van der Waals surface area contributed by atoms with Gasteiger partial charge >= 0.3 is 23.1 Å². The van der Waals surface area contributed by atoms with Gasteiger partial charge in [0.2, 0.25) is 0 Å². The van der Waals surface area contributed by atoms with E-state index in [1.165, 1.54) is 12.1 Å². The van der Waals surface area contributed by atoms with Crippen LogP contribution in [0.25, 0.3) is 0 Å². The quantitative estimate of drug-likeness (QED) is 0.523. The third-order valence-corrected chi connectivity index (χ3v) is 3.15. The molecule has 2 aromatic rings. The molecular formula is C12H10Br2MgN2O2. The first-order chi connectivity index (χ1) is 8.40. The van der Waals surface area contributed by atoms with E-state index in [9.17, 15) is 10.2 Å². The molecule has 96 valence electrons. The minimum absolute atomic E-state index is 0. The van der Waals surface area contributed by atoms with Crippen LogP contribution in [0.15, 0.2) is 45.3 Å². The molecule has 0 fully saturated rings. The summed E-state index contributed by atoms with van der Waals surface area (Å²) in [6.07, 6.45) is 0. The van der Waals surface area contributed by atoms with Crippen LogP contribution in [0.3, 0.4) is 0 Å². The summed E-state index contributed by atoms with van der Waals surface area (Å²) < 4.78 is 1.03. The molecule has 0 aliphatic rings. The molecule has 0 aromatic heterocycles. The van der Waals surface area contributed by atoms with Gasteiger partial charge in [-0.15, -0.1) is 0 Å². The molecule has 0 atom stereocenters. The fraction of sp³-hybridized carbons (Fsp3) is 0. The Morgan fingerprint density at radius 2 is 1.05 bits per heavy atom. The normalized spacial score (nSPS) is 8.95. The minimum atomic E-state index is -0.0378. The summed E-state index contributed by atoms with van der Waals surface area (Å²) >= 11 is 6.11. The Hall–Kier alpha value is -0.634. The van der Waals surface area contributed by atoms with Crippen LogP contribution in [0.4, 0.5) is 11.4 Å². The summed E-state index contributed by atoms with van der Waals surface area (Å²) in [5.74, 6) is -0.0756. The van der Waals surface area contributed by atoms with Crippen LogP contribution < -0.4 is 21.7 Å². The van der Waals surface area contributed by atoms with Crippen LogP contribution in [-0.4, -0.2) is 23.1 Å². The monoisotopic (exact) mass is 396 g/mol. The van der Waals surface area contributed by atoms with Gasteiger partial charge in [0.1, 0.15) is 0 Å². The van der Waals surface area contributed by atoms with Crippen molar-refractivity contribution in [3.8, 4) is 11.5 Å². The molecule has 19 heavy (non-hydrogen) atoms. The van der Waals surface area contributed by atoms with Crippen molar-refractivity contribution in [2.45, 2.75) is 0 Å². The molecule has 0 radical (unpaired) electrons. The number of hydrogen-bond donors (Lipinski definition) is 2. The van der Waals surface area contributed by atoms with Gasteiger partial charge in [-0.2, -0.15) is 0 Å². The average Bonchev–Trinajstić information content (AvgIpc) is 2.30. The van der Waals surface area contributed by atoms with Crippen molar-refractivity contribution in [2.24, 2.45) is 0 Å². The minimum Gasteiger partial charge on any atom is -0.872 e. The molecule has 0 unspecified atom stereocenters. The summed E-state index contributed by atoms with van der Waals surface area (Å²) in [7, 11) is 0.